The van der Waals surface area contributed by atoms with Crippen LogP contribution in [0.3, 0.4) is 0 Å². The molecule has 2 aromatic carbocycles. The van der Waals surface area contributed by atoms with Crippen LogP contribution < -0.4 is 10.6 Å². The molecule has 0 aromatic heterocycles. The zero-order valence-electron chi connectivity index (χ0n) is 15.1. The minimum atomic E-state index is -0.432. The van der Waals surface area contributed by atoms with Crippen LogP contribution in [0.2, 0.25) is 0 Å². The second-order valence-electron chi connectivity index (χ2n) is 7.06. The van der Waals surface area contributed by atoms with Crippen LogP contribution in [0.4, 0.5) is 0 Å². The molecule has 1 heteroatoms. The van der Waals surface area contributed by atoms with Gasteiger partial charge >= 0.3 is 0 Å². The molecule has 0 saturated heterocycles. The molecule has 1 aliphatic carbocycles. The van der Waals surface area contributed by atoms with Crippen molar-refractivity contribution in [2.24, 2.45) is 0 Å². The molecule has 0 atom stereocenters. The van der Waals surface area contributed by atoms with Gasteiger partial charge in [-0.15, -0.1) is 0 Å². The van der Waals surface area contributed by atoms with Crippen molar-refractivity contribution in [2.75, 3.05) is 0 Å². The lowest BCUT2D eigenvalue weighted by Gasteiger charge is -2.29. The SMILES string of the molecule is CC(C)c1ccccc1P(c1ccccc1C(C)C)C1C=CC=C1. The van der Waals surface area contributed by atoms with E-state index in [0.717, 1.165) is 0 Å². The van der Waals surface area contributed by atoms with Crippen LogP contribution in [0.25, 0.3) is 0 Å². The summed E-state index contributed by atoms with van der Waals surface area (Å²) in [6, 6.07) is 18.1. The summed E-state index contributed by atoms with van der Waals surface area (Å²) in [7, 11) is -0.432. The van der Waals surface area contributed by atoms with Crippen LogP contribution in [0.1, 0.15) is 50.7 Å². The van der Waals surface area contributed by atoms with Gasteiger partial charge in [0.15, 0.2) is 0 Å². The van der Waals surface area contributed by atoms with E-state index in [4.69, 9.17) is 0 Å². The molecule has 0 nitrogen and oxygen atoms in total. The van der Waals surface area contributed by atoms with Crippen molar-refractivity contribution in [3.63, 3.8) is 0 Å². The highest BCUT2D eigenvalue weighted by Crippen LogP contribution is 2.45. The van der Waals surface area contributed by atoms with E-state index in [1.165, 1.54) is 21.7 Å². The van der Waals surface area contributed by atoms with Gasteiger partial charge in [-0.25, -0.2) is 0 Å². The molecule has 0 aliphatic heterocycles. The lowest BCUT2D eigenvalue weighted by atomic mass is 10.0. The summed E-state index contributed by atoms with van der Waals surface area (Å²) in [5, 5.41) is 3.08. The number of rotatable bonds is 5. The Labute approximate surface area is 148 Å². The van der Waals surface area contributed by atoms with E-state index in [1.807, 2.05) is 0 Å². The van der Waals surface area contributed by atoms with Gasteiger partial charge in [-0.1, -0.05) is 101 Å². The maximum Gasteiger partial charge on any atom is 0.0237 e. The first-order chi connectivity index (χ1) is 11.6. The molecular weight excluding hydrogens is 307 g/mol. The summed E-state index contributed by atoms with van der Waals surface area (Å²) in [6.07, 6.45) is 9.16. The molecule has 0 amide bonds. The van der Waals surface area contributed by atoms with Crippen LogP contribution in [-0.4, -0.2) is 5.66 Å². The Balaban J connectivity index is 2.20. The van der Waals surface area contributed by atoms with Crippen molar-refractivity contribution in [1.82, 2.24) is 0 Å². The zero-order chi connectivity index (χ0) is 17.1. The number of allylic oxidation sites excluding steroid dienone is 4. The Kier molecular flexibility index (Phi) is 5.36. The highest BCUT2D eigenvalue weighted by atomic mass is 31.1. The Morgan fingerprint density at radius 1 is 0.667 bits per heavy atom. The number of hydrogen-bond donors (Lipinski definition) is 0. The highest BCUT2D eigenvalue weighted by Gasteiger charge is 2.27. The summed E-state index contributed by atoms with van der Waals surface area (Å²) >= 11 is 0. The monoisotopic (exact) mass is 334 g/mol. The summed E-state index contributed by atoms with van der Waals surface area (Å²) in [4.78, 5) is 0. The van der Waals surface area contributed by atoms with E-state index in [2.05, 4.69) is 101 Å². The van der Waals surface area contributed by atoms with Crippen molar-refractivity contribution in [2.45, 2.75) is 45.2 Å². The van der Waals surface area contributed by atoms with Gasteiger partial charge in [-0.2, -0.15) is 0 Å². The fourth-order valence-corrected chi connectivity index (χ4v) is 6.59. The van der Waals surface area contributed by atoms with E-state index >= 15 is 0 Å². The molecule has 0 unspecified atom stereocenters. The highest BCUT2D eigenvalue weighted by molar-refractivity contribution is 7.74. The molecule has 24 heavy (non-hydrogen) atoms. The molecular formula is C23H27P. The van der Waals surface area contributed by atoms with E-state index in [1.54, 1.807) is 0 Å². The summed E-state index contributed by atoms with van der Waals surface area (Å²) < 4.78 is 0. The van der Waals surface area contributed by atoms with Gasteiger partial charge in [0.2, 0.25) is 0 Å². The summed E-state index contributed by atoms with van der Waals surface area (Å²) in [6.45, 7) is 9.23. The van der Waals surface area contributed by atoms with Gasteiger partial charge in [0, 0.05) is 5.66 Å². The first-order valence-corrected chi connectivity index (χ1v) is 10.3. The van der Waals surface area contributed by atoms with Gasteiger partial charge in [-0.05, 0) is 41.5 Å². The predicted molar refractivity (Wildman–Crippen MR) is 109 cm³/mol. The molecule has 0 saturated carbocycles. The third kappa shape index (κ3) is 3.40. The zero-order valence-corrected chi connectivity index (χ0v) is 16.0. The van der Waals surface area contributed by atoms with Crippen molar-refractivity contribution in [3.05, 3.63) is 84.0 Å². The van der Waals surface area contributed by atoms with Gasteiger partial charge in [0.25, 0.3) is 0 Å². The minimum absolute atomic E-state index is 0.432. The Bertz CT molecular complexity index is 689. The molecule has 0 N–H and O–H groups in total. The van der Waals surface area contributed by atoms with Crippen LogP contribution >= 0.6 is 7.92 Å². The van der Waals surface area contributed by atoms with Gasteiger partial charge in [0.1, 0.15) is 0 Å². The lowest BCUT2D eigenvalue weighted by molar-refractivity contribution is 0.871. The van der Waals surface area contributed by atoms with E-state index in [0.29, 0.717) is 17.5 Å². The van der Waals surface area contributed by atoms with E-state index in [-0.39, 0.29) is 0 Å². The molecule has 0 bridgehead atoms. The average molecular weight is 334 g/mol. The second kappa shape index (κ2) is 7.49. The van der Waals surface area contributed by atoms with Crippen LogP contribution in [0.5, 0.6) is 0 Å². The van der Waals surface area contributed by atoms with Gasteiger partial charge in [-0.3, -0.25) is 0 Å². The number of benzene rings is 2. The normalized spacial score (nSPS) is 14.5. The third-order valence-corrected chi connectivity index (χ3v) is 7.46. The lowest BCUT2D eigenvalue weighted by Crippen LogP contribution is -2.25. The molecule has 1 aliphatic rings. The van der Waals surface area contributed by atoms with E-state index in [9.17, 15) is 0 Å². The molecule has 0 fully saturated rings. The maximum atomic E-state index is 2.37. The fourth-order valence-electron chi connectivity index (χ4n) is 3.43. The van der Waals surface area contributed by atoms with Crippen LogP contribution in [0.15, 0.2) is 72.8 Å². The molecule has 124 valence electrons. The third-order valence-electron chi connectivity index (χ3n) is 4.66. The average Bonchev–Trinajstić information content (AvgIpc) is 3.10. The Hall–Kier alpha value is -1.65. The largest absolute Gasteiger partial charge is 0.0727 e. The van der Waals surface area contributed by atoms with Gasteiger partial charge in [0.05, 0.1) is 0 Å². The smallest absolute Gasteiger partial charge is 0.0237 e. The van der Waals surface area contributed by atoms with Crippen molar-refractivity contribution in [1.29, 1.82) is 0 Å². The van der Waals surface area contributed by atoms with Crippen molar-refractivity contribution in [3.8, 4) is 0 Å². The Morgan fingerprint density at radius 2 is 1.08 bits per heavy atom. The standard InChI is InChI=1S/C23H27P/c1-17(2)20-13-7-9-15-22(20)24(19-11-5-6-12-19)23-16-10-8-14-21(23)18(3)4/h5-19H,1-4H3. The molecule has 3 rings (SSSR count). The minimum Gasteiger partial charge on any atom is -0.0727 e. The van der Waals surface area contributed by atoms with Crippen molar-refractivity contribution < 1.29 is 0 Å². The summed E-state index contributed by atoms with van der Waals surface area (Å²) in [5.41, 5.74) is 3.49. The molecule has 0 heterocycles. The molecule has 0 spiro atoms. The van der Waals surface area contributed by atoms with Gasteiger partial charge < -0.3 is 0 Å². The Morgan fingerprint density at radius 3 is 1.50 bits per heavy atom. The first-order valence-electron chi connectivity index (χ1n) is 8.91. The second-order valence-corrected chi connectivity index (χ2v) is 9.36. The topological polar surface area (TPSA) is 0 Å². The predicted octanol–water partition coefficient (Wildman–Crippen LogP) is 5.86. The number of hydrogen-bond acceptors (Lipinski definition) is 0. The first kappa shape index (κ1) is 17.2. The summed E-state index contributed by atoms with van der Waals surface area (Å²) in [5.74, 6) is 1.10. The van der Waals surface area contributed by atoms with Crippen LogP contribution in [-0.2, 0) is 0 Å². The van der Waals surface area contributed by atoms with Crippen LogP contribution in [0, 0.1) is 0 Å². The quantitative estimate of drug-likeness (QED) is 0.601. The molecule has 0 radical (unpaired) electrons. The van der Waals surface area contributed by atoms with Crippen molar-refractivity contribution >= 4 is 18.5 Å². The fraction of sp³-hybridized carbons (Fsp3) is 0.304. The maximum absolute atomic E-state index is 2.37. The van der Waals surface area contributed by atoms with E-state index < -0.39 is 7.92 Å². The molecule has 2 aromatic rings.